The number of hydrogen-bond acceptors (Lipinski definition) is 2. The van der Waals surface area contributed by atoms with E-state index < -0.39 is 0 Å². The van der Waals surface area contributed by atoms with E-state index in [0.717, 1.165) is 28.4 Å². The maximum atomic E-state index is 2.40. The summed E-state index contributed by atoms with van der Waals surface area (Å²) in [5.41, 5.74) is 15.7. The number of para-hydroxylation sites is 3. The van der Waals surface area contributed by atoms with Crippen LogP contribution in [0.25, 0.3) is 23.3 Å². The Morgan fingerprint density at radius 2 is 0.760 bits per heavy atom. The van der Waals surface area contributed by atoms with E-state index in [2.05, 4.69) is 219 Å². The van der Waals surface area contributed by atoms with Gasteiger partial charge in [-0.3, -0.25) is 0 Å². The summed E-state index contributed by atoms with van der Waals surface area (Å²) in [4.78, 5) is 4.65. The lowest BCUT2D eigenvalue weighted by Crippen LogP contribution is -2.16. The van der Waals surface area contributed by atoms with Crippen LogP contribution in [0.2, 0.25) is 0 Å². The summed E-state index contributed by atoms with van der Waals surface area (Å²) in [6, 6.07) is 63.2. The molecule has 0 atom stereocenters. The molecule has 0 heterocycles. The van der Waals surface area contributed by atoms with Crippen molar-refractivity contribution in [2.45, 2.75) is 26.2 Å². The summed E-state index contributed by atoms with van der Waals surface area (Å²) in [6.07, 6.45) is 4.45. The molecule has 1 aliphatic rings. The van der Waals surface area contributed by atoms with E-state index in [1.165, 1.54) is 44.6 Å². The third kappa shape index (κ3) is 5.90. The van der Waals surface area contributed by atoms with E-state index in [0.29, 0.717) is 0 Å². The summed E-state index contributed by atoms with van der Waals surface area (Å²) >= 11 is 0. The Bertz CT molecular complexity index is 2230. The molecule has 0 saturated heterocycles. The second kappa shape index (κ2) is 13.1. The van der Waals surface area contributed by atoms with Crippen molar-refractivity contribution in [2.75, 3.05) is 9.80 Å². The Morgan fingerprint density at radius 3 is 1.30 bits per heavy atom. The highest BCUT2D eigenvalue weighted by Gasteiger charge is 2.36. The molecule has 8 rings (SSSR count). The molecule has 2 nitrogen and oxygen atoms in total. The first-order valence-electron chi connectivity index (χ1n) is 17.4. The van der Waals surface area contributed by atoms with Gasteiger partial charge in [-0.15, -0.1) is 0 Å². The monoisotopic (exact) mass is 644 g/mol. The highest BCUT2D eigenvalue weighted by Crippen LogP contribution is 2.51. The SMILES string of the molecule is Cc1ccc(N(c2ccccc2)c2ccc3c(c2)C(C)(C)c2cc(/C=C/c4ccc(N(c5ccccc5)c5ccccc5)cc4)ccc2-3)cc1. The van der Waals surface area contributed by atoms with Crippen molar-refractivity contribution in [3.8, 4) is 11.1 Å². The third-order valence-corrected chi connectivity index (χ3v) is 9.90. The van der Waals surface area contributed by atoms with Crippen LogP contribution in [0.3, 0.4) is 0 Å². The van der Waals surface area contributed by atoms with Crippen LogP contribution in [0, 0.1) is 6.92 Å². The van der Waals surface area contributed by atoms with Crippen molar-refractivity contribution in [3.05, 3.63) is 204 Å². The van der Waals surface area contributed by atoms with Crippen LogP contribution in [0.4, 0.5) is 34.1 Å². The number of nitrogens with zero attached hydrogens (tertiary/aromatic N) is 2. The van der Waals surface area contributed by atoms with Gasteiger partial charge in [-0.2, -0.15) is 0 Å². The Hall–Kier alpha value is -6.12. The van der Waals surface area contributed by atoms with E-state index in [-0.39, 0.29) is 5.41 Å². The van der Waals surface area contributed by atoms with Crippen molar-refractivity contribution in [1.82, 2.24) is 0 Å². The molecule has 7 aromatic rings. The first kappa shape index (κ1) is 31.2. The van der Waals surface area contributed by atoms with Crippen molar-refractivity contribution in [1.29, 1.82) is 0 Å². The smallest absolute Gasteiger partial charge is 0.0465 e. The number of benzene rings is 7. The molecule has 0 saturated carbocycles. The quantitative estimate of drug-likeness (QED) is 0.152. The van der Waals surface area contributed by atoms with Gasteiger partial charge in [0.2, 0.25) is 0 Å². The third-order valence-electron chi connectivity index (χ3n) is 9.90. The fourth-order valence-electron chi connectivity index (χ4n) is 7.23. The predicted octanol–water partition coefficient (Wildman–Crippen LogP) is 13.4. The summed E-state index contributed by atoms with van der Waals surface area (Å²) < 4.78 is 0. The Kier molecular flexibility index (Phi) is 8.14. The zero-order valence-electron chi connectivity index (χ0n) is 28.8. The molecular formula is C48H40N2. The first-order valence-corrected chi connectivity index (χ1v) is 17.4. The molecule has 2 heteroatoms. The molecule has 0 aromatic heterocycles. The lowest BCUT2D eigenvalue weighted by atomic mass is 9.81. The van der Waals surface area contributed by atoms with Gasteiger partial charge in [-0.25, -0.2) is 0 Å². The Morgan fingerprint density at radius 1 is 0.380 bits per heavy atom. The molecule has 0 N–H and O–H groups in total. The molecule has 0 spiro atoms. The molecule has 0 bridgehead atoms. The van der Waals surface area contributed by atoms with Gasteiger partial charge in [0, 0.05) is 39.5 Å². The molecule has 50 heavy (non-hydrogen) atoms. The second-order valence-corrected chi connectivity index (χ2v) is 13.6. The number of aryl methyl sites for hydroxylation is 1. The molecular weight excluding hydrogens is 605 g/mol. The molecule has 0 fully saturated rings. The highest BCUT2D eigenvalue weighted by molar-refractivity contribution is 5.87. The van der Waals surface area contributed by atoms with E-state index in [1.807, 2.05) is 0 Å². The van der Waals surface area contributed by atoms with E-state index in [9.17, 15) is 0 Å². The normalized spacial score (nSPS) is 12.8. The first-order chi connectivity index (χ1) is 24.5. The van der Waals surface area contributed by atoms with Crippen molar-refractivity contribution >= 4 is 46.3 Å². The number of hydrogen-bond donors (Lipinski definition) is 0. The summed E-state index contributed by atoms with van der Waals surface area (Å²) in [5.74, 6) is 0. The van der Waals surface area contributed by atoms with Gasteiger partial charge in [-0.1, -0.05) is 135 Å². The van der Waals surface area contributed by atoms with Crippen LogP contribution in [-0.2, 0) is 5.41 Å². The number of rotatable bonds is 8. The van der Waals surface area contributed by atoms with E-state index in [1.54, 1.807) is 0 Å². The lowest BCUT2D eigenvalue weighted by Gasteiger charge is -2.28. The summed E-state index contributed by atoms with van der Waals surface area (Å²) in [5, 5.41) is 0. The minimum atomic E-state index is -0.139. The summed E-state index contributed by atoms with van der Waals surface area (Å²) in [6.45, 7) is 6.85. The van der Waals surface area contributed by atoms with Crippen LogP contribution in [-0.4, -0.2) is 0 Å². The minimum absolute atomic E-state index is 0.139. The highest BCUT2D eigenvalue weighted by atomic mass is 15.1. The fourth-order valence-corrected chi connectivity index (χ4v) is 7.23. The van der Waals surface area contributed by atoms with Crippen LogP contribution >= 0.6 is 0 Å². The van der Waals surface area contributed by atoms with Gasteiger partial charge in [-0.05, 0) is 113 Å². The lowest BCUT2D eigenvalue weighted by molar-refractivity contribution is 0.660. The standard InChI is InChI=1S/C48H40N2/c1-35-19-26-41(27-20-35)50(40-17-11-6-12-18-40)43-30-32-45-44-31-25-37(33-46(44)48(2,3)47(45)34-43)22-21-36-23-28-42(29-24-36)49(38-13-7-4-8-14-38)39-15-9-5-10-16-39/h4-34H,1-3H3/b22-21+. The Balaban J connectivity index is 1.07. The number of anilines is 6. The average Bonchev–Trinajstić information content (AvgIpc) is 3.38. The van der Waals surface area contributed by atoms with Gasteiger partial charge in [0.15, 0.2) is 0 Å². The largest absolute Gasteiger partial charge is 0.311 e. The molecule has 7 aromatic carbocycles. The molecule has 0 amide bonds. The van der Waals surface area contributed by atoms with Crippen LogP contribution in [0.15, 0.2) is 176 Å². The van der Waals surface area contributed by atoms with Crippen LogP contribution < -0.4 is 9.80 Å². The average molecular weight is 645 g/mol. The van der Waals surface area contributed by atoms with Crippen molar-refractivity contribution in [2.24, 2.45) is 0 Å². The van der Waals surface area contributed by atoms with Gasteiger partial charge in [0.1, 0.15) is 0 Å². The van der Waals surface area contributed by atoms with Gasteiger partial charge >= 0.3 is 0 Å². The molecule has 0 aliphatic heterocycles. The predicted molar refractivity (Wildman–Crippen MR) is 213 cm³/mol. The molecule has 242 valence electrons. The number of fused-ring (bicyclic) bond motifs is 3. The zero-order chi connectivity index (χ0) is 34.1. The summed E-state index contributed by atoms with van der Waals surface area (Å²) in [7, 11) is 0. The van der Waals surface area contributed by atoms with Crippen molar-refractivity contribution < 1.29 is 0 Å². The maximum absolute atomic E-state index is 2.40. The van der Waals surface area contributed by atoms with Crippen LogP contribution in [0.5, 0.6) is 0 Å². The van der Waals surface area contributed by atoms with E-state index >= 15 is 0 Å². The fraction of sp³-hybridized carbons (Fsp3) is 0.0833. The van der Waals surface area contributed by atoms with E-state index in [4.69, 9.17) is 0 Å². The van der Waals surface area contributed by atoms with Gasteiger partial charge in [0.25, 0.3) is 0 Å². The maximum Gasteiger partial charge on any atom is 0.0465 e. The minimum Gasteiger partial charge on any atom is -0.311 e. The van der Waals surface area contributed by atoms with Crippen LogP contribution in [0.1, 0.15) is 41.7 Å². The van der Waals surface area contributed by atoms with Gasteiger partial charge in [0.05, 0.1) is 0 Å². The molecule has 1 aliphatic carbocycles. The zero-order valence-corrected chi connectivity index (χ0v) is 28.8. The van der Waals surface area contributed by atoms with Crippen molar-refractivity contribution in [3.63, 3.8) is 0 Å². The topological polar surface area (TPSA) is 6.48 Å². The second-order valence-electron chi connectivity index (χ2n) is 13.6. The molecule has 0 radical (unpaired) electrons. The molecule has 0 unspecified atom stereocenters. The van der Waals surface area contributed by atoms with Gasteiger partial charge < -0.3 is 9.80 Å². The Labute approximate surface area is 296 Å².